The van der Waals surface area contributed by atoms with Crippen molar-refractivity contribution < 1.29 is 14.7 Å². The van der Waals surface area contributed by atoms with Crippen molar-refractivity contribution in [1.29, 1.82) is 0 Å². The molecule has 0 radical (unpaired) electrons. The summed E-state index contributed by atoms with van der Waals surface area (Å²) in [6.07, 6.45) is 0.541. The minimum atomic E-state index is -0.929. The van der Waals surface area contributed by atoms with E-state index >= 15 is 0 Å². The number of nitrogens with one attached hydrogen (secondary N) is 2. The Morgan fingerprint density at radius 1 is 1.42 bits per heavy atom. The van der Waals surface area contributed by atoms with Gasteiger partial charge < -0.3 is 15.7 Å². The zero-order chi connectivity index (χ0) is 9.56. The van der Waals surface area contributed by atoms with Crippen LogP contribution in [0.1, 0.15) is 12.8 Å². The lowest BCUT2D eigenvalue weighted by Gasteiger charge is -2.09. The lowest BCUT2D eigenvalue weighted by Crippen LogP contribution is -2.35. The fraction of sp³-hybridized carbons (Fsp3) is 0.714. The molecule has 0 aromatic heterocycles. The number of hydrogen-bond acceptors (Lipinski definition) is 3. The molecule has 1 amide bonds. The van der Waals surface area contributed by atoms with E-state index in [0.29, 0.717) is 6.42 Å². The summed E-state index contributed by atoms with van der Waals surface area (Å²) >= 11 is 0. The minimum absolute atomic E-state index is 0.142. The number of likely N-dealkylation sites (N-methyl/N-ethyl adjacent to an activating group) is 1. The monoisotopic (exact) mass is 174 g/mol. The van der Waals surface area contributed by atoms with Gasteiger partial charge in [-0.3, -0.25) is 9.59 Å². The van der Waals surface area contributed by atoms with Crippen LogP contribution < -0.4 is 10.6 Å². The van der Waals surface area contributed by atoms with Gasteiger partial charge >= 0.3 is 5.97 Å². The molecule has 0 aliphatic rings. The summed E-state index contributed by atoms with van der Waals surface area (Å²) in [5.41, 5.74) is 0. The highest BCUT2D eigenvalue weighted by molar-refractivity contribution is 5.78. The number of carbonyl (C=O) groups is 2. The third-order valence-corrected chi connectivity index (χ3v) is 1.59. The molecule has 0 aromatic carbocycles. The third kappa shape index (κ3) is 3.92. The number of hydrogen-bond donors (Lipinski definition) is 3. The summed E-state index contributed by atoms with van der Waals surface area (Å²) in [7, 11) is 3.08. The van der Waals surface area contributed by atoms with E-state index in [4.69, 9.17) is 5.11 Å². The number of amides is 1. The van der Waals surface area contributed by atoms with Crippen LogP contribution in [0.15, 0.2) is 0 Å². The average Bonchev–Trinajstić information content (AvgIpc) is 2.04. The van der Waals surface area contributed by atoms with E-state index in [0.717, 1.165) is 0 Å². The van der Waals surface area contributed by atoms with Crippen LogP contribution in [0.5, 0.6) is 0 Å². The smallest absolute Gasteiger partial charge is 0.320 e. The average molecular weight is 174 g/mol. The van der Waals surface area contributed by atoms with Crippen LogP contribution in [0.25, 0.3) is 0 Å². The van der Waals surface area contributed by atoms with E-state index in [2.05, 4.69) is 10.6 Å². The molecule has 0 saturated carbocycles. The van der Waals surface area contributed by atoms with Crippen molar-refractivity contribution in [3.63, 3.8) is 0 Å². The summed E-state index contributed by atoms with van der Waals surface area (Å²) in [6.45, 7) is 0. The Bertz CT molecular complexity index is 170. The maximum absolute atomic E-state index is 10.7. The van der Waals surface area contributed by atoms with Crippen LogP contribution in [0.3, 0.4) is 0 Å². The first-order valence-electron chi connectivity index (χ1n) is 3.72. The van der Waals surface area contributed by atoms with Crippen LogP contribution in [-0.4, -0.2) is 37.1 Å². The highest BCUT2D eigenvalue weighted by Crippen LogP contribution is 1.96. The van der Waals surface area contributed by atoms with Crippen molar-refractivity contribution in [2.75, 3.05) is 14.1 Å². The summed E-state index contributed by atoms with van der Waals surface area (Å²) in [5.74, 6) is -1.07. The Balaban J connectivity index is 3.73. The van der Waals surface area contributed by atoms with Crippen LogP contribution in [0, 0.1) is 0 Å². The number of carboxylic acids is 1. The maximum Gasteiger partial charge on any atom is 0.320 e. The van der Waals surface area contributed by atoms with Crippen LogP contribution in [0.2, 0.25) is 0 Å². The predicted molar refractivity (Wildman–Crippen MR) is 43.8 cm³/mol. The second-order valence-corrected chi connectivity index (χ2v) is 2.39. The van der Waals surface area contributed by atoms with Crippen LogP contribution in [0.4, 0.5) is 0 Å². The Morgan fingerprint density at radius 2 is 2.00 bits per heavy atom. The van der Waals surface area contributed by atoms with Gasteiger partial charge in [0, 0.05) is 13.5 Å². The first-order valence-corrected chi connectivity index (χ1v) is 3.72. The molecule has 5 heteroatoms. The fourth-order valence-corrected chi connectivity index (χ4v) is 0.792. The minimum Gasteiger partial charge on any atom is -0.480 e. The number of aliphatic carboxylic acids is 1. The number of carbonyl (C=O) groups excluding carboxylic acids is 1. The van der Waals surface area contributed by atoms with Gasteiger partial charge in [-0.25, -0.2) is 0 Å². The predicted octanol–water partition coefficient (Wildman–Crippen LogP) is -0.815. The molecular weight excluding hydrogens is 160 g/mol. The van der Waals surface area contributed by atoms with Crippen molar-refractivity contribution in [2.45, 2.75) is 18.9 Å². The zero-order valence-electron chi connectivity index (χ0n) is 7.26. The normalized spacial score (nSPS) is 12.2. The molecule has 12 heavy (non-hydrogen) atoms. The summed E-state index contributed by atoms with van der Waals surface area (Å²) in [5, 5.41) is 13.6. The Labute approximate surface area is 71.1 Å². The highest BCUT2D eigenvalue weighted by atomic mass is 16.4. The third-order valence-electron chi connectivity index (χ3n) is 1.59. The molecular formula is C7H14N2O3. The van der Waals surface area contributed by atoms with Gasteiger partial charge in [0.1, 0.15) is 6.04 Å². The van der Waals surface area contributed by atoms with Gasteiger partial charge in [-0.1, -0.05) is 0 Å². The Kier molecular flexibility index (Phi) is 5.03. The lowest BCUT2D eigenvalue weighted by molar-refractivity contribution is -0.139. The number of carboxylic acid groups (broad SMARTS) is 1. The molecule has 3 N–H and O–H groups in total. The van der Waals surface area contributed by atoms with Gasteiger partial charge in [-0.05, 0) is 13.5 Å². The molecule has 0 saturated heterocycles. The van der Waals surface area contributed by atoms with E-state index in [1.54, 1.807) is 7.05 Å². The summed E-state index contributed by atoms with van der Waals surface area (Å²) in [4.78, 5) is 21.2. The molecule has 0 fully saturated rings. The number of rotatable bonds is 5. The molecule has 0 aliphatic heterocycles. The standard InChI is InChI=1S/C7H14N2O3/c1-8-5(7(11)12)3-4-6(10)9-2/h5,8H,3-4H2,1-2H3,(H,9,10)(H,11,12)/t5-/m1/s1. The highest BCUT2D eigenvalue weighted by Gasteiger charge is 2.15. The van der Waals surface area contributed by atoms with E-state index < -0.39 is 12.0 Å². The molecule has 5 nitrogen and oxygen atoms in total. The van der Waals surface area contributed by atoms with Crippen molar-refractivity contribution in [2.24, 2.45) is 0 Å². The summed E-state index contributed by atoms with van der Waals surface area (Å²) in [6, 6.07) is -0.637. The van der Waals surface area contributed by atoms with E-state index in [1.165, 1.54) is 7.05 Å². The quantitative estimate of drug-likeness (QED) is 0.509. The van der Waals surface area contributed by atoms with Gasteiger partial charge in [0.15, 0.2) is 0 Å². The first kappa shape index (κ1) is 10.9. The Morgan fingerprint density at radius 3 is 2.33 bits per heavy atom. The van der Waals surface area contributed by atoms with E-state index in [-0.39, 0.29) is 12.3 Å². The van der Waals surface area contributed by atoms with E-state index in [9.17, 15) is 9.59 Å². The molecule has 0 heterocycles. The zero-order valence-corrected chi connectivity index (χ0v) is 7.26. The van der Waals surface area contributed by atoms with Gasteiger partial charge in [0.25, 0.3) is 0 Å². The fourth-order valence-electron chi connectivity index (χ4n) is 0.792. The molecule has 70 valence electrons. The van der Waals surface area contributed by atoms with Gasteiger partial charge in [-0.2, -0.15) is 0 Å². The lowest BCUT2D eigenvalue weighted by atomic mass is 10.1. The van der Waals surface area contributed by atoms with E-state index in [1.807, 2.05) is 0 Å². The molecule has 0 bridgehead atoms. The van der Waals surface area contributed by atoms with Gasteiger partial charge in [-0.15, -0.1) is 0 Å². The van der Waals surface area contributed by atoms with Crippen molar-refractivity contribution in [3.05, 3.63) is 0 Å². The first-order chi connectivity index (χ1) is 5.61. The second kappa shape index (κ2) is 5.54. The molecule has 0 unspecified atom stereocenters. The summed E-state index contributed by atoms with van der Waals surface area (Å²) < 4.78 is 0. The SMILES string of the molecule is CNC(=O)CC[C@@H](NC)C(=O)O. The topological polar surface area (TPSA) is 78.4 Å². The maximum atomic E-state index is 10.7. The van der Waals surface area contributed by atoms with Crippen molar-refractivity contribution in [1.82, 2.24) is 10.6 Å². The largest absolute Gasteiger partial charge is 0.480 e. The molecule has 1 atom stereocenters. The molecule has 0 spiro atoms. The molecule has 0 aliphatic carbocycles. The van der Waals surface area contributed by atoms with Crippen LogP contribution in [-0.2, 0) is 9.59 Å². The molecule has 0 rings (SSSR count). The van der Waals surface area contributed by atoms with Crippen LogP contribution >= 0.6 is 0 Å². The van der Waals surface area contributed by atoms with Gasteiger partial charge in [0.05, 0.1) is 0 Å². The van der Waals surface area contributed by atoms with Crippen molar-refractivity contribution in [3.8, 4) is 0 Å². The van der Waals surface area contributed by atoms with Gasteiger partial charge in [0.2, 0.25) is 5.91 Å². The molecule has 0 aromatic rings. The Hall–Kier alpha value is -1.10. The second-order valence-electron chi connectivity index (χ2n) is 2.39. The van der Waals surface area contributed by atoms with Crippen molar-refractivity contribution >= 4 is 11.9 Å².